The van der Waals surface area contributed by atoms with Crippen molar-refractivity contribution >= 4 is 23.5 Å². The molecule has 1 aromatic heterocycles. The maximum Gasteiger partial charge on any atom is 0.230 e. The lowest BCUT2D eigenvalue weighted by Crippen LogP contribution is -2.38. The van der Waals surface area contributed by atoms with Crippen LogP contribution in [0.1, 0.15) is 32.6 Å². The maximum atomic E-state index is 5.91. The molecule has 6 nitrogen and oxygen atoms in total. The zero-order valence-electron chi connectivity index (χ0n) is 13.1. The molecule has 1 atom stereocenters. The zero-order chi connectivity index (χ0) is 15.2. The Morgan fingerprint density at radius 1 is 1.29 bits per heavy atom. The number of hydrogen-bond acceptors (Lipinski definition) is 6. The van der Waals surface area contributed by atoms with Crippen molar-refractivity contribution in [3.63, 3.8) is 0 Å². The molecule has 1 N–H and O–H groups in total. The van der Waals surface area contributed by atoms with E-state index in [4.69, 9.17) is 11.6 Å². The number of halogens is 1. The summed E-state index contributed by atoms with van der Waals surface area (Å²) in [5.74, 6) is 1.12. The normalized spacial score (nSPS) is 19.5. The minimum absolute atomic E-state index is 0.223. The van der Waals surface area contributed by atoms with Gasteiger partial charge in [0, 0.05) is 33.2 Å². The van der Waals surface area contributed by atoms with Gasteiger partial charge < -0.3 is 15.1 Å². The molecule has 2 rings (SSSR count). The third-order valence-corrected chi connectivity index (χ3v) is 4.01. The number of nitrogens with zero attached hydrogens (tertiary/aromatic N) is 5. The molecule has 1 aliphatic heterocycles. The number of piperidine rings is 1. The highest BCUT2D eigenvalue weighted by Gasteiger charge is 2.17. The molecule has 0 aliphatic carbocycles. The van der Waals surface area contributed by atoms with Crippen molar-refractivity contribution < 1.29 is 0 Å². The van der Waals surface area contributed by atoms with Gasteiger partial charge in [0.25, 0.3) is 0 Å². The van der Waals surface area contributed by atoms with Crippen LogP contribution in [0.15, 0.2) is 0 Å². The van der Waals surface area contributed by atoms with Crippen molar-refractivity contribution in [2.75, 3.05) is 43.9 Å². The predicted octanol–water partition coefficient (Wildman–Crippen LogP) is 2.27. The van der Waals surface area contributed by atoms with Crippen LogP contribution in [0.2, 0.25) is 5.28 Å². The zero-order valence-corrected chi connectivity index (χ0v) is 13.9. The topological polar surface area (TPSA) is 57.2 Å². The summed E-state index contributed by atoms with van der Waals surface area (Å²) in [6, 6.07) is 0.714. The molecule has 1 aliphatic rings. The van der Waals surface area contributed by atoms with Crippen molar-refractivity contribution in [2.24, 2.45) is 0 Å². The Morgan fingerprint density at radius 3 is 2.81 bits per heavy atom. The van der Waals surface area contributed by atoms with Crippen LogP contribution in [0.5, 0.6) is 0 Å². The summed E-state index contributed by atoms with van der Waals surface area (Å²) in [7, 11) is 3.76. The van der Waals surface area contributed by atoms with Gasteiger partial charge in [-0.1, -0.05) is 6.42 Å². The van der Waals surface area contributed by atoms with Crippen LogP contribution < -0.4 is 10.2 Å². The highest BCUT2D eigenvalue weighted by atomic mass is 35.5. The molecule has 1 aromatic rings. The molecule has 0 saturated carbocycles. The number of rotatable bonds is 6. The Hall–Kier alpha value is -1.14. The Morgan fingerprint density at radius 2 is 2.10 bits per heavy atom. The van der Waals surface area contributed by atoms with E-state index in [0.29, 0.717) is 17.9 Å². The minimum atomic E-state index is 0.223. The molecule has 0 aromatic carbocycles. The fourth-order valence-electron chi connectivity index (χ4n) is 2.59. The van der Waals surface area contributed by atoms with E-state index >= 15 is 0 Å². The lowest BCUT2D eigenvalue weighted by atomic mass is 10.0. The number of hydrogen-bond donors (Lipinski definition) is 1. The van der Waals surface area contributed by atoms with Crippen LogP contribution in [-0.2, 0) is 0 Å². The smallest absolute Gasteiger partial charge is 0.230 e. The Bertz CT molecular complexity index is 453. The van der Waals surface area contributed by atoms with Crippen LogP contribution in [0.3, 0.4) is 0 Å². The van der Waals surface area contributed by atoms with E-state index in [9.17, 15) is 0 Å². The summed E-state index contributed by atoms with van der Waals surface area (Å²) in [5.41, 5.74) is 0. The summed E-state index contributed by atoms with van der Waals surface area (Å²) in [6.45, 7) is 5.51. The predicted molar refractivity (Wildman–Crippen MR) is 87.2 cm³/mol. The van der Waals surface area contributed by atoms with Crippen LogP contribution in [0, 0.1) is 0 Å². The van der Waals surface area contributed by atoms with Gasteiger partial charge in [-0.2, -0.15) is 15.0 Å². The van der Waals surface area contributed by atoms with Crippen molar-refractivity contribution in [3.05, 3.63) is 5.28 Å². The largest absolute Gasteiger partial charge is 0.354 e. The summed E-state index contributed by atoms with van der Waals surface area (Å²) >= 11 is 5.91. The average Bonchev–Trinajstić information content (AvgIpc) is 2.44. The molecule has 1 fully saturated rings. The van der Waals surface area contributed by atoms with Gasteiger partial charge in [-0.15, -0.1) is 0 Å². The van der Waals surface area contributed by atoms with E-state index in [1.807, 2.05) is 19.0 Å². The number of likely N-dealkylation sites (tertiary alicyclic amines) is 1. The first kappa shape index (κ1) is 16.2. The number of anilines is 2. The van der Waals surface area contributed by atoms with Crippen LogP contribution in [-0.4, -0.2) is 59.6 Å². The summed E-state index contributed by atoms with van der Waals surface area (Å²) < 4.78 is 0. The van der Waals surface area contributed by atoms with E-state index in [1.165, 1.54) is 25.8 Å². The highest BCUT2D eigenvalue weighted by Crippen LogP contribution is 2.16. The Kier molecular flexibility index (Phi) is 5.99. The van der Waals surface area contributed by atoms with Crippen molar-refractivity contribution in [1.82, 2.24) is 19.9 Å². The molecule has 0 spiro atoms. The van der Waals surface area contributed by atoms with Gasteiger partial charge in [0.2, 0.25) is 17.2 Å². The fraction of sp³-hybridized carbons (Fsp3) is 0.786. The first-order valence-electron chi connectivity index (χ1n) is 7.63. The van der Waals surface area contributed by atoms with Crippen molar-refractivity contribution in [2.45, 2.75) is 38.6 Å². The molecule has 1 saturated heterocycles. The van der Waals surface area contributed by atoms with Gasteiger partial charge in [-0.3, -0.25) is 0 Å². The van der Waals surface area contributed by atoms with Gasteiger partial charge in [0.15, 0.2) is 0 Å². The first-order chi connectivity index (χ1) is 10.1. The summed E-state index contributed by atoms with van der Waals surface area (Å²) in [4.78, 5) is 16.9. The van der Waals surface area contributed by atoms with Gasteiger partial charge in [-0.25, -0.2) is 0 Å². The molecular formula is C14H25ClN6. The molecule has 0 radical (unpaired) electrons. The molecule has 118 valence electrons. The monoisotopic (exact) mass is 312 g/mol. The summed E-state index contributed by atoms with van der Waals surface area (Å²) in [5, 5.41) is 3.46. The van der Waals surface area contributed by atoms with Gasteiger partial charge >= 0.3 is 0 Å². The van der Waals surface area contributed by atoms with Gasteiger partial charge in [0.1, 0.15) is 0 Å². The molecule has 1 unspecified atom stereocenters. The second-order valence-electron chi connectivity index (χ2n) is 5.78. The van der Waals surface area contributed by atoms with E-state index in [-0.39, 0.29) is 5.28 Å². The second kappa shape index (κ2) is 7.75. The van der Waals surface area contributed by atoms with Crippen LogP contribution >= 0.6 is 11.6 Å². The van der Waals surface area contributed by atoms with Gasteiger partial charge in [-0.05, 0) is 44.3 Å². The highest BCUT2D eigenvalue weighted by molar-refractivity contribution is 6.28. The summed E-state index contributed by atoms with van der Waals surface area (Å²) in [6.07, 6.45) is 5.09. The van der Waals surface area contributed by atoms with E-state index < -0.39 is 0 Å². The fourth-order valence-corrected chi connectivity index (χ4v) is 2.75. The van der Waals surface area contributed by atoms with Crippen molar-refractivity contribution in [1.29, 1.82) is 0 Å². The number of aromatic nitrogens is 3. The van der Waals surface area contributed by atoms with E-state index in [0.717, 1.165) is 19.5 Å². The average molecular weight is 313 g/mol. The maximum absolute atomic E-state index is 5.91. The molecule has 7 heteroatoms. The standard InChI is InChI=1S/C14H25ClN6/c1-11-7-4-5-9-21(11)10-6-8-16-13-17-12(15)18-14(19-13)20(2)3/h11H,4-10H2,1-3H3,(H,16,17,18,19). The number of nitrogens with one attached hydrogen (secondary N) is 1. The quantitative estimate of drug-likeness (QED) is 0.813. The van der Waals surface area contributed by atoms with Crippen LogP contribution in [0.25, 0.3) is 0 Å². The minimum Gasteiger partial charge on any atom is -0.354 e. The first-order valence-corrected chi connectivity index (χ1v) is 8.01. The molecule has 0 bridgehead atoms. The lowest BCUT2D eigenvalue weighted by molar-refractivity contribution is 0.160. The Balaban J connectivity index is 1.78. The van der Waals surface area contributed by atoms with Gasteiger partial charge in [0.05, 0.1) is 0 Å². The third kappa shape index (κ3) is 4.97. The van der Waals surface area contributed by atoms with Crippen molar-refractivity contribution in [3.8, 4) is 0 Å². The molecular weight excluding hydrogens is 288 g/mol. The molecule has 2 heterocycles. The van der Waals surface area contributed by atoms with E-state index in [1.54, 1.807) is 0 Å². The van der Waals surface area contributed by atoms with Crippen LogP contribution in [0.4, 0.5) is 11.9 Å². The molecule has 21 heavy (non-hydrogen) atoms. The molecule has 0 amide bonds. The third-order valence-electron chi connectivity index (χ3n) is 3.84. The lowest BCUT2D eigenvalue weighted by Gasteiger charge is -2.33. The van der Waals surface area contributed by atoms with E-state index in [2.05, 4.69) is 32.1 Å². The second-order valence-corrected chi connectivity index (χ2v) is 6.12. The Labute approximate surface area is 131 Å². The SMILES string of the molecule is CC1CCCCN1CCCNc1nc(Cl)nc(N(C)C)n1.